The Balaban J connectivity index is 0.936. The molecule has 18 heteroatoms. The number of nitrogens with zero attached hydrogens (tertiary/aromatic N) is 3. The van der Waals surface area contributed by atoms with Gasteiger partial charge in [-0.05, 0) is 70.9 Å². The van der Waals surface area contributed by atoms with Crippen LogP contribution in [0, 0.1) is 35.5 Å². The molecule has 5 aliphatic rings. The predicted octanol–water partition coefficient (Wildman–Crippen LogP) is 12.1. The maximum absolute atomic E-state index is 12.7. The van der Waals surface area contributed by atoms with Crippen molar-refractivity contribution in [3.8, 4) is 0 Å². The van der Waals surface area contributed by atoms with E-state index in [1.165, 1.54) is 6.92 Å². The molecule has 4 heterocycles. The average Bonchev–Trinajstić information content (AvgIpc) is 1.56. The van der Waals surface area contributed by atoms with Gasteiger partial charge in [0.1, 0.15) is 30.5 Å². The van der Waals surface area contributed by atoms with Crippen molar-refractivity contribution in [2.75, 3.05) is 19.8 Å². The maximum Gasteiger partial charge on any atom is 0.303 e. The fourth-order valence-electron chi connectivity index (χ4n) is 13.0. The number of carbonyl (C=O) groups excluding carboxylic acids is 1. The molecule has 88 heavy (non-hydrogen) atoms. The molecule has 0 radical (unpaired) electrons. The number of azide groups is 1. The van der Waals surface area contributed by atoms with Gasteiger partial charge in [0, 0.05) is 23.7 Å². The van der Waals surface area contributed by atoms with Crippen molar-refractivity contribution >= 4 is 5.97 Å². The smallest absolute Gasteiger partial charge is 0.303 e. The van der Waals surface area contributed by atoms with Gasteiger partial charge < -0.3 is 66.3 Å². The highest BCUT2D eigenvalue weighted by molar-refractivity contribution is 5.66. The van der Waals surface area contributed by atoms with Crippen LogP contribution in [0.5, 0.6) is 0 Å². The zero-order valence-electron chi connectivity index (χ0n) is 52.2. The van der Waals surface area contributed by atoms with E-state index in [9.17, 15) is 10.3 Å². The van der Waals surface area contributed by atoms with E-state index in [0.29, 0.717) is 19.8 Å². The fourth-order valence-corrected chi connectivity index (χ4v) is 13.0. The third-order valence-corrected chi connectivity index (χ3v) is 18.3. The first-order chi connectivity index (χ1) is 42.6. The summed E-state index contributed by atoms with van der Waals surface area (Å²) in [6, 6.07) is 48.9. The standard InChI is InChI=1S/C70H89N3O15/c1-43-45(3)62(79-39-54-33-23-14-24-34-54)69(83-56(43)42-80-68-63(81-49(7)74)46(4)44(2)55(82-68)40-75-35-50-25-15-10-16-26-50)85-59-47(5)58(72-73-71)67(84-57(59)41-76-36-51-27-17-11-18-28-51)86-64-60(77-37-52-29-19-12-20-30-52)48(6)61(65-66(64)88-70(8,9)87-65)78-38-53-31-21-13-22-32-53/h10-34,43-48,55-69H,35-42H2,1-9H3. The molecule has 0 bridgehead atoms. The lowest BCUT2D eigenvalue weighted by Gasteiger charge is -2.51. The summed E-state index contributed by atoms with van der Waals surface area (Å²) in [6.45, 7) is 19.6. The van der Waals surface area contributed by atoms with E-state index in [4.69, 9.17) is 66.3 Å². The van der Waals surface area contributed by atoms with E-state index in [-0.39, 0.29) is 68.7 Å². The molecule has 21 unspecified atom stereocenters. The molecule has 474 valence electrons. The zero-order valence-corrected chi connectivity index (χ0v) is 52.2. The van der Waals surface area contributed by atoms with Crippen molar-refractivity contribution < 1.29 is 71.1 Å². The molecule has 4 aliphatic heterocycles. The van der Waals surface area contributed by atoms with E-state index in [1.54, 1.807) is 0 Å². The van der Waals surface area contributed by atoms with E-state index in [0.717, 1.165) is 27.8 Å². The van der Waals surface area contributed by atoms with Gasteiger partial charge in [-0.1, -0.05) is 198 Å². The molecule has 0 amide bonds. The molecule has 10 rings (SSSR count). The number of rotatable bonds is 26. The number of fused-ring (bicyclic) bond motifs is 1. The molecular weight excluding hydrogens is 1120 g/mol. The van der Waals surface area contributed by atoms with Gasteiger partial charge in [-0.3, -0.25) is 4.79 Å². The Morgan fingerprint density at radius 1 is 0.443 bits per heavy atom. The number of esters is 1. The summed E-state index contributed by atoms with van der Waals surface area (Å²) < 4.78 is 95.5. The van der Waals surface area contributed by atoms with Gasteiger partial charge in [0.2, 0.25) is 0 Å². The summed E-state index contributed by atoms with van der Waals surface area (Å²) in [5.74, 6) is -2.77. The first-order valence-corrected chi connectivity index (χ1v) is 31.3. The Bertz CT molecular complexity index is 2950. The van der Waals surface area contributed by atoms with Crippen LogP contribution in [-0.2, 0) is 104 Å². The highest BCUT2D eigenvalue weighted by Crippen LogP contribution is 2.46. The molecule has 5 aromatic rings. The lowest BCUT2D eigenvalue weighted by molar-refractivity contribution is -0.352. The molecule has 18 nitrogen and oxygen atoms in total. The van der Waals surface area contributed by atoms with Gasteiger partial charge >= 0.3 is 5.97 Å². The fraction of sp³-hybridized carbons (Fsp3) is 0.557. The van der Waals surface area contributed by atoms with Crippen LogP contribution >= 0.6 is 0 Å². The Morgan fingerprint density at radius 2 is 0.852 bits per heavy atom. The van der Waals surface area contributed by atoms with E-state index in [2.05, 4.69) is 44.6 Å². The van der Waals surface area contributed by atoms with E-state index < -0.39 is 104 Å². The molecule has 0 N–H and O–H groups in total. The Kier molecular flexibility index (Phi) is 22.9. The van der Waals surface area contributed by atoms with Crippen LogP contribution in [0.2, 0.25) is 0 Å². The van der Waals surface area contributed by atoms with Gasteiger partial charge in [-0.25, -0.2) is 0 Å². The molecule has 1 saturated carbocycles. The van der Waals surface area contributed by atoms with E-state index >= 15 is 0 Å². The first-order valence-electron chi connectivity index (χ1n) is 31.3. The Hall–Kier alpha value is -5.64. The normalized spacial score (nSPS) is 34.5. The van der Waals surface area contributed by atoms with Crippen LogP contribution < -0.4 is 0 Å². The van der Waals surface area contributed by atoms with Crippen molar-refractivity contribution in [1.29, 1.82) is 0 Å². The van der Waals surface area contributed by atoms with Gasteiger partial charge in [0.25, 0.3) is 0 Å². The topological polar surface area (TPSA) is 195 Å². The number of hydrogen-bond acceptors (Lipinski definition) is 16. The third-order valence-electron chi connectivity index (χ3n) is 18.3. The second-order valence-corrected chi connectivity index (χ2v) is 24.9. The number of carbonyl (C=O) groups is 1. The second-order valence-electron chi connectivity index (χ2n) is 24.9. The van der Waals surface area contributed by atoms with Crippen LogP contribution in [-0.4, -0.2) is 124 Å². The molecular formula is C70H89N3O15. The van der Waals surface area contributed by atoms with Crippen molar-refractivity contribution in [3.05, 3.63) is 190 Å². The largest absolute Gasteiger partial charge is 0.457 e. The van der Waals surface area contributed by atoms with Gasteiger partial charge in [-0.2, -0.15) is 0 Å². The second kappa shape index (κ2) is 30.9. The first kappa shape index (κ1) is 65.3. The molecule has 4 saturated heterocycles. The van der Waals surface area contributed by atoms with Crippen molar-refractivity contribution in [2.45, 2.75) is 193 Å². The quantitative estimate of drug-likeness (QED) is 0.0219. The molecule has 0 aromatic heterocycles. The number of ether oxygens (including phenoxy) is 14. The molecule has 5 fully saturated rings. The Morgan fingerprint density at radius 3 is 1.35 bits per heavy atom. The SMILES string of the molecule is CC(=O)OC1C(OCC2OC(OC3C(COCc4ccccc4)OC(OC4C(OCc5ccccc5)C(C)C(OCc5ccccc5)C5OC(C)(C)OC45)C(N=[N+]=[N-])C3C)C(OCc3ccccc3)C(C)C2C)OC(COCc2ccccc2)C(C)C1C. The molecule has 21 atom stereocenters. The van der Waals surface area contributed by atoms with Gasteiger partial charge in [0.15, 0.2) is 30.8 Å². The lowest BCUT2D eigenvalue weighted by atomic mass is 9.78. The third kappa shape index (κ3) is 16.5. The van der Waals surface area contributed by atoms with Crippen LogP contribution in [0.1, 0.15) is 90.1 Å². The van der Waals surface area contributed by atoms with E-state index in [1.807, 2.05) is 172 Å². The summed E-state index contributed by atoms with van der Waals surface area (Å²) in [5.41, 5.74) is 15.5. The monoisotopic (exact) mass is 1210 g/mol. The van der Waals surface area contributed by atoms with Crippen molar-refractivity contribution in [1.82, 2.24) is 0 Å². The maximum atomic E-state index is 12.7. The van der Waals surface area contributed by atoms with Crippen molar-refractivity contribution in [3.63, 3.8) is 0 Å². The highest BCUT2D eigenvalue weighted by atomic mass is 16.8. The number of benzene rings is 5. The van der Waals surface area contributed by atoms with Crippen molar-refractivity contribution in [2.24, 2.45) is 40.6 Å². The number of hydrogen-bond donors (Lipinski definition) is 0. The van der Waals surface area contributed by atoms with Crippen LogP contribution in [0.3, 0.4) is 0 Å². The minimum absolute atomic E-state index is 0.0273. The molecule has 1 aliphatic carbocycles. The highest BCUT2D eigenvalue weighted by Gasteiger charge is 2.61. The summed E-state index contributed by atoms with van der Waals surface area (Å²) in [5, 5.41) is 4.47. The molecule has 0 spiro atoms. The minimum Gasteiger partial charge on any atom is -0.457 e. The van der Waals surface area contributed by atoms with Crippen LogP contribution in [0.25, 0.3) is 10.4 Å². The van der Waals surface area contributed by atoms with Gasteiger partial charge in [0.05, 0.1) is 89.4 Å². The summed E-state index contributed by atoms with van der Waals surface area (Å²) in [6.07, 6.45) is -10.1. The molecule has 5 aromatic carbocycles. The minimum atomic E-state index is -1.15. The summed E-state index contributed by atoms with van der Waals surface area (Å²) in [7, 11) is 0. The Labute approximate surface area is 518 Å². The summed E-state index contributed by atoms with van der Waals surface area (Å²) >= 11 is 0. The predicted molar refractivity (Wildman–Crippen MR) is 326 cm³/mol. The lowest BCUT2D eigenvalue weighted by Crippen LogP contribution is -2.64. The average molecular weight is 1210 g/mol. The zero-order chi connectivity index (χ0) is 61.7. The summed E-state index contributed by atoms with van der Waals surface area (Å²) in [4.78, 5) is 16.1. The van der Waals surface area contributed by atoms with Gasteiger partial charge in [-0.15, -0.1) is 0 Å². The van der Waals surface area contributed by atoms with Crippen LogP contribution in [0.4, 0.5) is 0 Å². The van der Waals surface area contributed by atoms with Crippen LogP contribution in [0.15, 0.2) is 157 Å².